The first kappa shape index (κ1) is 20.7. The van der Waals surface area contributed by atoms with Crippen molar-refractivity contribution in [2.24, 2.45) is 5.10 Å². The molecule has 0 saturated heterocycles. The van der Waals surface area contributed by atoms with Crippen molar-refractivity contribution < 1.29 is 18.9 Å². The summed E-state index contributed by atoms with van der Waals surface area (Å²) < 4.78 is 24.0. The molecule has 2 aliphatic rings. The first-order valence-corrected chi connectivity index (χ1v) is 11.1. The SMILES string of the molecule is COc1cccc(C2=NN3C(C2)c2cc(Br)ccc2OC3c2ccc(OC)cc2OC)c1. The van der Waals surface area contributed by atoms with Crippen molar-refractivity contribution in [3.63, 3.8) is 0 Å². The van der Waals surface area contributed by atoms with Crippen molar-refractivity contribution in [3.05, 3.63) is 81.8 Å². The molecular weight excluding hydrogens is 472 g/mol. The molecule has 2 atom stereocenters. The summed E-state index contributed by atoms with van der Waals surface area (Å²) in [6, 6.07) is 19.9. The van der Waals surface area contributed by atoms with E-state index >= 15 is 0 Å². The average molecular weight is 495 g/mol. The Morgan fingerprint density at radius 1 is 0.906 bits per heavy atom. The largest absolute Gasteiger partial charge is 0.497 e. The van der Waals surface area contributed by atoms with Crippen LogP contribution in [0.15, 0.2) is 70.2 Å². The molecule has 2 unspecified atom stereocenters. The molecule has 2 heterocycles. The number of ether oxygens (including phenoxy) is 4. The molecule has 3 aromatic carbocycles. The summed E-state index contributed by atoms with van der Waals surface area (Å²) in [6.45, 7) is 0. The fourth-order valence-corrected chi connectivity index (χ4v) is 4.64. The van der Waals surface area contributed by atoms with Gasteiger partial charge < -0.3 is 18.9 Å². The first-order valence-electron chi connectivity index (χ1n) is 10.3. The Kier molecular flexibility index (Phi) is 5.43. The number of rotatable bonds is 5. The summed E-state index contributed by atoms with van der Waals surface area (Å²) in [6.07, 6.45) is 0.326. The summed E-state index contributed by atoms with van der Waals surface area (Å²) >= 11 is 3.60. The molecule has 0 bridgehead atoms. The van der Waals surface area contributed by atoms with Crippen LogP contribution in [0.5, 0.6) is 23.0 Å². The molecule has 0 radical (unpaired) electrons. The molecule has 164 valence electrons. The molecule has 0 N–H and O–H groups in total. The van der Waals surface area contributed by atoms with E-state index in [9.17, 15) is 0 Å². The normalized spacial score (nSPS) is 18.9. The second-order valence-electron chi connectivity index (χ2n) is 7.64. The van der Waals surface area contributed by atoms with Gasteiger partial charge in [0.1, 0.15) is 23.0 Å². The van der Waals surface area contributed by atoms with E-state index in [2.05, 4.69) is 28.1 Å². The van der Waals surface area contributed by atoms with Crippen LogP contribution in [0.4, 0.5) is 0 Å². The van der Waals surface area contributed by atoms with Crippen LogP contribution in [0, 0.1) is 0 Å². The fourth-order valence-electron chi connectivity index (χ4n) is 4.26. The van der Waals surface area contributed by atoms with Gasteiger partial charge in [0.15, 0.2) is 0 Å². The zero-order valence-electron chi connectivity index (χ0n) is 18.0. The van der Waals surface area contributed by atoms with Crippen molar-refractivity contribution >= 4 is 21.6 Å². The number of hydrogen-bond acceptors (Lipinski definition) is 6. The quantitative estimate of drug-likeness (QED) is 0.454. The number of halogens is 1. The summed E-state index contributed by atoms with van der Waals surface area (Å²) in [5.74, 6) is 3.07. The lowest BCUT2D eigenvalue weighted by Crippen LogP contribution is -2.34. The molecule has 5 rings (SSSR count). The van der Waals surface area contributed by atoms with E-state index in [-0.39, 0.29) is 6.04 Å². The highest BCUT2D eigenvalue weighted by molar-refractivity contribution is 9.10. The lowest BCUT2D eigenvalue weighted by atomic mass is 9.95. The van der Waals surface area contributed by atoms with Crippen LogP contribution in [-0.2, 0) is 0 Å². The third-order valence-corrected chi connectivity index (χ3v) is 6.35. The molecule has 0 saturated carbocycles. The van der Waals surface area contributed by atoms with Crippen LogP contribution < -0.4 is 18.9 Å². The predicted molar refractivity (Wildman–Crippen MR) is 126 cm³/mol. The Hall–Kier alpha value is -3.19. The van der Waals surface area contributed by atoms with E-state index in [1.165, 1.54) is 0 Å². The highest BCUT2D eigenvalue weighted by atomic mass is 79.9. The molecule has 0 fully saturated rings. The van der Waals surface area contributed by atoms with Gasteiger partial charge in [-0.3, -0.25) is 0 Å². The standard InChI is InChI=1S/C25H23BrN2O4/c1-29-17-6-4-5-15(11-17)21-14-22-20-12-16(26)7-10-23(20)32-25(28(22)27-21)19-9-8-18(30-2)13-24(19)31-3/h4-13,22,25H,14H2,1-3H3. The van der Waals surface area contributed by atoms with Gasteiger partial charge in [0.25, 0.3) is 0 Å². The Morgan fingerprint density at radius 3 is 2.50 bits per heavy atom. The molecule has 0 spiro atoms. The Morgan fingerprint density at radius 2 is 1.72 bits per heavy atom. The summed E-state index contributed by atoms with van der Waals surface area (Å²) in [5, 5.41) is 7.06. The maximum absolute atomic E-state index is 6.48. The Bertz CT molecular complexity index is 1200. The third-order valence-electron chi connectivity index (χ3n) is 5.86. The van der Waals surface area contributed by atoms with Gasteiger partial charge in [-0.05, 0) is 42.5 Å². The summed E-state index contributed by atoms with van der Waals surface area (Å²) in [5.41, 5.74) is 4.02. The van der Waals surface area contributed by atoms with Crippen LogP contribution in [0.25, 0.3) is 0 Å². The van der Waals surface area contributed by atoms with Gasteiger partial charge >= 0.3 is 0 Å². The number of fused-ring (bicyclic) bond motifs is 3. The molecule has 2 aliphatic heterocycles. The maximum Gasteiger partial charge on any atom is 0.217 e. The lowest BCUT2D eigenvalue weighted by molar-refractivity contribution is -0.0204. The molecule has 7 heteroatoms. The number of hydrogen-bond donors (Lipinski definition) is 0. The second kappa shape index (κ2) is 8.39. The van der Waals surface area contributed by atoms with E-state index in [1.54, 1.807) is 21.3 Å². The minimum Gasteiger partial charge on any atom is -0.497 e. The van der Waals surface area contributed by atoms with Gasteiger partial charge in [-0.2, -0.15) is 5.10 Å². The molecule has 0 aliphatic carbocycles. The van der Waals surface area contributed by atoms with Crippen LogP contribution in [0.2, 0.25) is 0 Å². The molecule has 32 heavy (non-hydrogen) atoms. The smallest absolute Gasteiger partial charge is 0.217 e. The molecule has 6 nitrogen and oxygen atoms in total. The Balaban J connectivity index is 1.61. The zero-order valence-corrected chi connectivity index (χ0v) is 19.6. The molecular formula is C25H23BrN2O4. The van der Waals surface area contributed by atoms with E-state index < -0.39 is 6.23 Å². The van der Waals surface area contributed by atoms with E-state index in [0.29, 0.717) is 5.75 Å². The van der Waals surface area contributed by atoms with Gasteiger partial charge in [-0.25, -0.2) is 5.01 Å². The summed E-state index contributed by atoms with van der Waals surface area (Å²) in [7, 11) is 4.96. The maximum atomic E-state index is 6.48. The highest BCUT2D eigenvalue weighted by Gasteiger charge is 2.42. The number of hydrazone groups is 1. The molecule has 3 aromatic rings. The van der Waals surface area contributed by atoms with Crippen molar-refractivity contribution in [1.82, 2.24) is 5.01 Å². The number of nitrogens with zero attached hydrogens (tertiary/aromatic N) is 2. The highest BCUT2D eigenvalue weighted by Crippen LogP contribution is 2.49. The average Bonchev–Trinajstić information content (AvgIpc) is 3.29. The topological polar surface area (TPSA) is 52.5 Å². The monoisotopic (exact) mass is 494 g/mol. The Labute approximate surface area is 195 Å². The van der Waals surface area contributed by atoms with Crippen molar-refractivity contribution in [2.45, 2.75) is 18.7 Å². The van der Waals surface area contributed by atoms with E-state index in [4.69, 9.17) is 24.0 Å². The van der Waals surface area contributed by atoms with Crippen molar-refractivity contribution in [2.75, 3.05) is 21.3 Å². The van der Waals surface area contributed by atoms with Gasteiger partial charge in [-0.1, -0.05) is 28.1 Å². The molecule has 0 aromatic heterocycles. The van der Waals surface area contributed by atoms with Crippen LogP contribution in [0.3, 0.4) is 0 Å². The second-order valence-corrected chi connectivity index (χ2v) is 8.55. The zero-order chi connectivity index (χ0) is 22.2. The van der Waals surface area contributed by atoms with Gasteiger partial charge in [0, 0.05) is 28.1 Å². The van der Waals surface area contributed by atoms with Gasteiger partial charge in [-0.15, -0.1) is 0 Å². The van der Waals surface area contributed by atoms with E-state index in [0.717, 1.165) is 50.5 Å². The lowest BCUT2D eigenvalue weighted by Gasteiger charge is -2.38. The minimum absolute atomic E-state index is 0.0364. The van der Waals surface area contributed by atoms with Gasteiger partial charge in [0.2, 0.25) is 6.23 Å². The summed E-state index contributed by atoms with van der Waals surface area (Å²) in [4.78, 5) is 0. The first-order chi connectivity index (χ1) is 15.6. The van der Waals surface area contributed by atoms with Crippen LogP contribution in [-0.4, -0.2) is 32.0 Å². The third kappa shape index (κ3) is 3.56. The van der Waals surface area contributed by atoms with Crippen molar-refractivity contribution in [3.8, 4) is 23.0 Å². The molecule has 0 amide bonds. The number of benzene rings is 3. The van der Waals surface area contributed by atoms with Gasteiger partial charge in [0.05, 0.1) is 38.6 Å². The number of methoxy groups -OCH3 is 3. The van der Waals surface area contributed by atoms with Crippen molar-refractivity contribution in [1.29, 1.82) is 0 Å². The minimum atomic E-state index is -0.433. The predicted octanol–water partition coefficient (Wildman–Crippen LogP) is 5.72. The fraction of sp³-hybridized carbons (Fsp3) is 0.240. The van der Waals surface area contributed by atoms with Crippen LogP contribution in [0.1, 0.15) is 35.4 Å². The van der Waals surface area contributed by atoms with Crippen LogP contribution >= 0.6 is 15.9 Å². The van der Waals surface area contributed by atoms with E-state index in [1.807, 2.05) is 53.5 Å².